The van der Waals surface area contributed by atoms with Crippen LogP contribution in [0.4, 0.5) is 0 Å². The smallest absolute Gasteiger partial charge is 0.248 e. The average molecular weight is 665 g/mol. The molecule has 6 N–H and O–H groups in total. The van der Waals surface area contributed by atoms with Gasteiger partial charge in [-0.2, -0.15) is 5.10 Å². The van der Waals surface area contributed by atoms with Crippen LogP contribution in [0.3, 0.4) is 0 Å². The fourth-order valence-corrected chi connectivity index (χ4v) is 6.54. The van der Waals surface area contributed by atoms with E-state index in [9.17, 15) is 33.9 Å². The van der Waals surface area contributed by atoms with Crippen LogP contribution in [0.25, 0.3) is 0 Å². The third kappa shape index (κ3) is 7.63. The largest absolute Gasteiger partial charge is 0.391 e. The Hall–Kier alpha value is -3.72. The molecule has 3 heterocycles. The van der Waals surface area contributed by atoms with Gasteiger partial charge in [-0.15, -0.1) is 0 Å². The van der Waals surface area contributed by atoms with E-state index in [0.29, 0.717) is 35.7 Å². The number of nitrogens with zero attached hydrogens (tertiary/aromatic N) is 3. The molecule has 0 aromatic carbocycles. The van der Waals surface area contributed by atoms with E-state index in [1.807, 2.05) is 0 Å². The van der Waals surface area contributed by atoms with E-state index in [1.54, 1.807) is 27.7 Å². The number of halogens is 1. The predicted molar refractivity (Wildman–Crippen MR) is 166 cm³/mol. The number of carbonyl (C=O) groups excluding carboxylic acids is 6. The van der Waals surface area contributed by atoms with Gasteiger partial charge in [0.1, 0.15) is 30.7 Å². The van der Waals surface area contributed by atoms with Gasteiger partial charge in [0.15, 0.2) is 0 Å². The lowest BCUT2D eigenvalue weighted by atomic mass is 9.98. The monoisotopic (exact) mass is 664 g/mol. The molecule has 254 valence electrons. The summed E-state index contributed by atoms with van der Waals surface area (Å²) in [6.45, 7) is 9.54. The van der Waals surface area contributed by atoms with Gasteiger partial charge in [-0.1, -0.05) is 31.9 Å². The highest BCUT2D eigenvalue weighted by molar-refractivity contribution is 6.31. The fraction of sp³-hybridized carbons (Fsp3) is 0.700. The third-order valence-electron chi connectivity index (χ3n) is 9.06. The zero-order valence-corrected chi connectivity index (χ0v) is 27.8. The number of nitrogens with one attached hydrogen (secondary N) is 5. The summed E-state index contributed by atoms with van der Waals surface area (Å²) < 4.78 is 1.46. The first-order valence-corrected chi connectivity index (χ1v) is 16.2. The van der Waals surface area contributed by atoms with Crippen LogP contribution in [0.15, 0.2) is 0 Å². The summed E-state index contributed by atoms with van der Waals surface area (Å²) in [7, 11) is 0. The van der Waals surface area contributed by atoms with Gasteiger partial charge in [0.25, 0.3) is 0 Å². The van der Waals surface area contributed by atoms with E-state index in [4.69, 9.17) is 11.6 Å². The van der Waals surface area contributed by atoms with Crippen molar-refractivity contribution in [3.63, 3.8) is 0 Å². The minimum absolute atomic E-state index is 0.0192. The second-order valence-corrected chi connectivity index (χ2v) is 13.4. The summed E-state index contributed by atoms with van der Waals surface area (Å²) in [5, 5.41) is 29.1. The molecule has 0 bridgehead atoms. The molecule has 0 radical (unpaired) electrons. The summed E-state index contributed by atoms with van der Waals surface area (Å²) in [6, 6.07) is -5.76. The minimum Gasteiger partial charge on any atom is -0.391 e. The van der Waals surface area contributed by atoms with E-state index < -0.39 is 83.7 Å². The number of carbonyl (C=O) groups is 6. The standard InChI is InChI=1S/C30H45ClN8O7/c1-13(2)24-29(45)36-25(17(6)40)30(46)38-11-18(33-22(41)12-39-16(5)23(31)14(3)37-39)10-21(38)28(44)32-15(4)26(42)34-20-9-7-8-19(20)27(43)35-24/h13,15,17-21,24-25,40H,7-12H2,1-6H3,(H,32,44)(H,33,41)(H,34,42)(H,35,43)(H,36,45)/t15-,17+,18-,19-,20-,21-,24+,25-/m0/s1. The number of aromatic nitrogens is 2. The molecule has 3 aliphatic rings. The molecule has 6 amide bonds. The van der Waals surface area contributed by atoms with Crippen LogP contribution < -0.4 is 26.6 Å². The zero-order valence-electron chi connectivity index (χ0n) is 27.1. The number of hydrogen-bond acceptors (Lipinski definition) is 8. The molecule has 8 atom stereocenters. The molecule has 0 spiro atoms. The summed E-state index contributed by atoms with van der Waals surface area (Å²) in [5.74, 6) is -4.33. The Morgan fingerprint density at radius 2 is 1.65 bits per heavy atom. The normalized spacial score (nSPS) is 30.2. The van der Waals surface area contributed by atoms with Crippen molar-refractivity contribution in [1.29, 1.82) is 0 Å². The van der Waals surface area contributed by atoms with Crippen LogP contribution in [0.5, 0.6) is 0 Å². The molecule has 16 heteroatoms. The average Bonchev–Trinajstić information content (AvgIpc) is 3.68. The van der Waals surface area contributed by atoms with Gasteiger partial charge in [-0.25, -0.2) is 0 Å². The molecule has 46 heavy (non-hydrogen) atoms. The molecule has 1 saturated carbocycles. The van der Waals surface area contributed by atoms with Gasteiger partial charge >= 0.3 is 0 Å². The molecule has 4 rings (SSSR count). The Labute approximate surface area is 272 Å². The van der Waals surface area contributed by atoms with E-state index in [1.165, 1.54) is 23.4 Å². The number of hydrogen-bond donors (Lipinski definition) is 6. The zero-order chi connectivity index (χ0) is 34.0. The number of aliphatic hydroxyl groups excluding tert-OH is 1. The van der Waals surface area contributed by atoms with Crippen molar-refractivity contribution < 1.29 is 33.9 Å². The van der Waals surface area contributed by atoms with Gasteiger partial charge in [0.2, 0.25) is 35.4 Å². The van der Waals surface area contributed by atoms with E-state index in [0.717, 1.165) is 0 Å². The SMILES string of the molecule is Cc1nn(CC(=O)N[C@H]2C[C@H]3C(=O)N[C@@H](C)C(=O)N[C@H]4CCC[C@@H]4C(=O)N[C@H](C(C)C)C(=O)N[C@@H]([C@@H](C)O)C(=O)N3C2)c(C)c1Cl. The lowest BCUT2D eigenvalue weighted by molar-refractivity contribution is -0.145. The van der Waals surface area contributed by atoms with Crippen molar-refractivity contribution in [2.75, 3.05) is 6.54 Å². The lowest BCUT2D eigenvalue weighted by Crippen LogP contribution is -2.62. The maximum Gasteiger partial charge on any atom is 0.248 e. The Kier molecular flexibility index (Phi) is 11.0. The molecule has 2 aliphatic heterocycles. The first-order chi connectivity index (χ1) is 21.6. The Balaban J connectivity index is 1.62. The molecule has 3 fully saturated rings. The summed E-state index contributed by atoms with van der Waals surface area (Å²) in [4.78, 5) is 81.8. The molecule has 0 unspecified atom stereocenters. The van der Waals surface area contributed by atoms with Crippen LogP contribution in [0.1, 0.15) is 64.8 Å². The van der Waals surface area contributed by atoms with Crippen molar-refractivity contribution in [3.8, 4) is 0 Å². The van der Waals surface area contributed by atoms with Gasteiger partial charge in [0, 0.05) is 18.6 Å². The first-order valence-electron chi connectivity index (χ1n) is 15.8. The molecule has 1 aromatic heterocycles. The summed E-state index contributed by atoms with van der Waals surface area (Å²) in [6.07, 6.45) is 0.415. The minimum atomic E-state index is -1.46. The van der Waals surface area contributed by atoms with Crippen molar-refractivity contribution >= 4 is 47.0 Å². The number of aryl methyl sites for hydroxylation is 1. The van der Waals surface area contributed by atoms with Crippen LogP contribution in [0.2, 0.25) is 5.02 Å². The molecule has 1 aliphatic carbocycles. The number of fused-ring (bicyclic) bond motifs is 2. The van der Waals surface area contributed by atoms with Crippen molar-refractivity contribution in [1.82, 2.24) is 41.3 Å². The summed E-state index contributed by atoms with van der Waals surface area (Å²) >= 11 is 6.21. The molecular weight excluding hydrogens is 620 g/mol. The second-order valence-electron chi connectivity index (χ2n) is 13.0. The van der Waals surface area contributed by atoms with Gasteiger partial charge < -0.3 is 36.6 Å². The Morgan fingerprint density at radius 3 is 2.26 bits per heavy atom. The maximum absolute atomic E-state index is 14.0. The Morgan fingerprint density at radius 1 is 0.978 bits per heavy atom. The van der Waals surface area contributed by atoms with Gasteiger partial charge in [0.05, 0.1) is 28.4 Å². The van der Waals surface area contributed by atoms with Crippen LogP contribution in [0, 0.1) is 25.7 Å². The molecule has 1 aromatic rings. The number of amides is 6. The number of rotatable bonds is 5. The van der Waals surface area contributed by atoms with E-state index in [2.05, 4.69) is 31.7 Å². The molecule has 2 saturated heterocycles. The third-order valence-corrected chi connectivity index (χ3v) is 9.61. The highest BCUT2D eigenvalue weighted by Crippen LogP contribution is 2.27. The predicted octanol–water partition coefficient (Wildman–Crippen LogP) is -0.951. The van der Waals surface area contributed by atoms with Crippen LogP contribution in [-0.2, 0) is 35.3 Å². The lowest BCUT2D eigenvalue weighted by Gasteiger charge is -2.33. The van der Waals surface area contributed by atoms with Crippen molar-refractivity contribution in [2.24, 2.45) is 11.8 Å². The molecule has 15 nitrogen and oxygen atoms in total. The van der Waals surface area contributed by atoms with E-state index >= 15 is 0 Å². The second kappa shape index (κ2) is 14.4. The highest BCUT2D eigenvalue weighted by Gasteiger charge is 2.45. The first kappa shape index (κ1) is 35.1. The summed E-state index contributed by atoms with van der Waals surface area (Å²) in [5.41, 5.74) is 1.19. The maximum atomic E-state index is 14.0. The number of aliphatic hydroxyl groups is 1. The quantitative estimate of drug-likeness (QED) is 0.231. The molecular formula is C30H45ClN8O7. The Bertz CT molecular complexity index is 1380. The van der Waals surface area contributed by atoms with Crippen molar-refractivity contribution in [2.45, 2.75) is 116 Å². The topological polar surface area (TPSA) is 204 Å². The van der Waals surface area contributed by atoms with Crippen LogP contribution >= 0.6 is 11.6 Å². The van der Waals surface area contributed by atoms with Crippen molar-refractivity contribution in [3.05, 3.63) is 16.4 Å². The van der Waals surface area contributed by atoms with Gasteiger partial charge in [-0.3, -0.25) is 33.4 Å². The van der Waals surface area contributed by atoms with Crippen LogP contribution in [-0.4, -0.2) is 104 Å². The van der Waals surface area contributed by atoms with Gasteiger partial charge in [-0.05, 0) is 52.9 Å². The van der Waals surface area contributed by atoms with E-state index in [-0.39, 0.29) is 25.4 Å². The fourth-order valence-electron chi connectivity index (χ4n) is 6.41. The highest BCUT2D eigenvalue weighted by atomic mass is 35.5.